The smallest absolute Gasteiger partial charge is 0.00898 e. The Morgan fingerprint density at radius 2 is 2.00 bits per heavy atom. The number of nitrogens with two attached hydrogens (primary N) is 1. The fraction of sp³-hybridized carbons (Fsp3) is 0.400. The van der Waals surface area contributed by atoms with Crippen LogP contribution in [0.15, 0.2) is 18.2 Å². The summed E-state index contributed by atoms with van der Waals surface area (Å²) in [5, 5.41) is 0. The van der Waals surface area contributed by atoms with Crippen LogP contribution in [0.25, 0.3) is 0 Å². The summed E-state index contributed by atoms with van der Waals surface area (Å²) in [5.41, 5.74) is 6.59. The number of rotatable bonds is 2. The van der Waals surface area contributed by atoms with E-state index < -0.39 is 0 Å². The molecule has 0 aliphatic carbocycles. The Morgan fingerprint density at radius 3 is 2.46 bits per heavy atom. The van der Waals surface area contributed by atoms with E-state index >= 15 is 0 Å². The van der Waals surface area contributed by atoms with E-state index in [2.05, 4.69) is 6.07 Å². The molecule has 1 radical (unpaired) electrons. The standard InChI is InChI=1S/C10H13FN.Pr/c1-7(8(2)12)9-4-3-5-10(11)6-9;/h4-8H,12H2,1-2H3;/q-1;/t7?,8-;/m1./s1. The van der Waals surface area contributed by atoms with Crippen molar-refractivity contribution in [3.8, 4) is 0 Å². The molecule has 1 aromatic carbocycles. The molecule has 69 valence electrons. The molecule has 2 N–H and O–H groups in total. The summed E-state index contributed by atoms with van der Waals surface area (Å²) < 4.78 is 12.7. The Hall–Kier alpha value is 0.474. The zero-order chi connectivity index (χ0) is 9.14. The van der Waals surface area contributed by atoms with Crippen LogP contribution in [-0.4, -0.2) is 6.04 Å². The maximum atomic E-state index is 12.7. The van der Waals surface area contributed by atoms with E-state index in [0.29, 0.717) is 0 Å². The molecule has 0 aliphatic heterocycles. The summed E-state index contributed by atoms with van der Waals surface area (Å²) in [4.78, 5) is 0. The summed E-state index contributed by atoms with van der Waals surface area (Å²) in [6.07, 6.45) is 0. The molecule has 1 nitrogen and oxygen atoms in total. The normalized spacial score (nSPS) is 14.5. The Labute approximate surface area is 112 Å². The van der Waals surface area contributed by atoms with E-state index in [1.165, 1.54) is 12.1 Å². The van der Waals surface area contributed by atoms with Gasteiger partial charge in [0.2, 0.25) is 0 Å². The third-order valence-corrected chi connectivity index (χ3v) is 2.09. The molecular weight excluding hydrogens is 294 g/mol. The summed E-state index contributed by atoms with van der Waals surface area (Å²) >= 11 is 0. The third kappa shape index (κ3) is 4.01. The van der Waals surface area contributed by atoms with Crippen molar-refractivity contribution in [2.75, 3.05) is 0 Å². The fourth-order valence-electron chi connectivity index (χ4n) is 1.03. The number of hydrogen-bond donors (Lipinski definition) is 1. The molecule has 0 aliphatic rings. The molecule has 0 amide bonds. The zero-order valence-corrected chi connectivity index (χ0v) is 11.6. The van der Waals surface area contributed by atoms with E-state index in [4.69, 9.17) is 5.73 Å². The Kier molecular flexibility index (Phi) is 6.27. The summed E-state index contributed by atoms with van der Waals surface area (Å²) in [5.74, 6) is -0.0723. The van der Waals surface area contributed by atoms with Crippen molar-refractivity contribution in [3.63, 3.8) is 0 Å². The predicted molar refractivity (Wildman–Crippen MR) is 47.3 cm³/mol. The SMILES string of the molecule is CC(c1c[c-]cc(F)c1)[C@@H](C)N.[Pr]. The van der Waals surface area contributed by atoms with Crippen LogP contribution in [0.5, 0.6) is 0 Å². The van der Waals surface area contributed by atoms with E-state index in [9.17, 15) is 4.39 Å². The van der Waals surface area contributed by atoms with Crippen LogP contribution >= 0.6 is 0 Å². The van der Waals surface area contributed by atoms with Gasteiger partial charge < -0.3 is 5.73 Å². The van der Waals surface area contributed by atoms with Crippen molar-refractivity contribution in [2.24, 2.45) is 5.73 Å². The minimum atomic E-state index is -0.250. The molecule has 0 saturated heterocycles. The van der Waals surface area contributed by atoms with Crippen LogP contribution < -0.4 is 5.73 Å². The summed E-state index contributed by atoms with van der Waals surface area (Å²) in [6.45, 7) is 3.89. The van der Waals surface area contributed by atoms with Crippen LogP contribution in [0.3, 0.4) is 0 Å². The van der Waals surface area contributed by atoms with E-state index in [1.54, 1.807) is 6.07 Å². The molecule has 0 saturated carbocycles. The summed E-state index contributed by atoms with van der Waals surface area (Å²) in [6, 6.07) is 7.37. The molecule has 1 unspecified atom stereocenters. The van der Waals surface area contributed by atoms with Gasteiger partial charge in [-0.05, 0) is 12.0 Å². The molecular formula is C10H13FNPr-. The van der Waals surface area contributed by atoms with Gasteiger partial charge in [0.25, 0.3) is 0 Å². The van der Waals surface area contributed by atoms with Crippen LogP contribution in [0.4, 0.5) is 4.39 Å². The Bertz CT molecular complexity index is 263. The molecule has 1 rings (SSSR count). The first kappa shape index (κ1) is 13.5. The molecule has 0 aromatic heterocycles. The molecule has 0 heterocycles. The topological polar surface area (TPSA) is 26.0 Å². The third-order valence-electron chi connectivity index (χ3n) is 2.09. The molecule has 0 bridgehead atoms. The summed E-state index contributed by atoms with van der Waals surface area (Å²) in [7, 11) is 0. The maximum absolute atomic E-state index is 12.7. The predicted octanol–water partition coefficient (Wildman–Crippen LogP) is 2.08. The van der Waals surface area contributed by atoms with Crippen LogP contribution in [-0.2, 0) is 0 Å². The van der Waals surface area contributed by atoms with Crippen molar-refractivity contribution in [3.05, 3.63) is 35.6 Å². The van der Waals surface area contributed by atoms with Crippen LogP contribution in [0.2, 0.25) is 0 Å². The fourth-order valence-corrected chi connectivity index (χ4v) is 1.03. The van der Waals surface area contributed by atoms with E-state index in [-0.39, 0.29) is 59.1 Å². The molecule has 0 spiro atoms. The van der Waals surface area contributed by atoms with Gasteiger partial charge >= 0.3 is 0 Å². The van der Waals surface area contributed by atoms with Gasteiger partial charge in [-0.1, -0.05) is 13.8 Å². The number of hydrogen-bond acceptors (Lipinski definition) is 1. The Balaban J connectivity index is 0.00000144. The van der Waals surface area contributed by atoms with Gasteiger partial charge in [0.15, 0.2) is 0 Å². The van der Waals surface area contributed by atoms with E-state index in [0.717, 1.165) is 5.56 Å². The second-order valence-electron chi connectivity index (χ2n) is 3.13. The average Bonchev–Trinajstić information content (AvgIpc) is 2.03. The minimum absolute atomic E-state index is 0. The van der Waals surface area contributed by atoms with Gasteiger partial charge in [0.1, 0.15) is 0 Å². The second kappa shape index (κ2) is 6.05. The molecule has 3 heteroatoms. The first-order valence-electron chi connectivity index (χ1n) is 4.03. The van der Waals surface area contributed by atoms with Gasteiger partial charge in [-0.3, -0.25) is 4.39 Å². The largest absolute Gasteiger partial charge is 0.328 e. The molecule has 2 atom stereocenters. The van der Waals surface area contributed by atoms with Crippen molar-refractivity contribution in [2.45, 2.75) is 25.8 Å². The van der Waals surface area contributed by atoms with Crippen LogP contribution in [0, 0.1) is 53.2 Å². The van der Waals surface area contributed by atoms with Crippen LogP contribution in [0.1, 0.15) is 25.3 Å². The molecule has 0 fully saturated rings. The van der Waals surface area contributed by atoms with Gasteiger partial charge in [0, 0.05) is 47.1 Å². The monoisotopic (exact) mass is 307 g/mol. The molecule has 13 heavy (non-hydrogen) atoms. The van der Waals surface area contributed by atoms with E-state index in [1.807, 2.05) is 13.8 Å². The number of halogens is 1. The Morgan fingerprint density at radius 1 is 1.38 bits per heavy atom. The minimum Gasteiger partial charge on any atom is -0.328 e. The first-order chi connectivity index (χ1) is 5.61. The van der Waals surface area contributed by atoms with Gasteiger partial charge in [-0.25, -0.2) is 0 Å². The van der Waals surface area contributed by atoms with Gasteiger partial charge in [-0.2, -0.15) is 12.1 Å². The zero-order valence-electron chi connectivity index (χ0n) is 7.92. The average molecular weight is 307 g/mol. The van der Waals surface area contributed by atoms with Gasteiger partial charge in [0.05, 0.1) is 0 Å². The molecule has 1 aromatic rings. The maximum Gasteiger partial charge on any atom is 0.00898 e. The van der Waals surface area contributed by atoms with Crippen molar-refractivity contribution >= 4 is 0 Å². The van der Waals surface area contributed by atoms with Crippen molar-refractivity contribution in [1.29, 1.82) is 0 Å². The number of benzene rings is 1. The quantitative estimate of drug-likeness (QED) is 0.832. The van der Waals surface area contributed by atoms with Crippen molar-refractivity contribution in [1.82, 2.24) is 0 Å². The van der Waals surface area contributed by atoms with Gasteiger partial charge in [-0.15, -0.1) is 17.7 Å². The second-order valence-corrected chi connectivity index (χ2v) is 3.13. The first-order valence-corrected chi connectivity index (χ1v) is 4.03. The van der Waals surface area contributed by atoms with Crippen molar-refractivity contribution < 1.29 is 45.7 Å².